The number of carboxylic acids is 2. The number of hydrogen-bond donors (Lipinski definition) is 2. The smallest absolute Gasteiger partial charge is 0.475 e. The molecule has 0 amide bonds. The summed E-state index contributed by atoms with van der Waals surface area (Å²) in [5.41, 5.74) is 3.24. The summed E-state index contributed by atoms with van der Waals surface area (Å²) in [5.74, 6) is -3.08. The molecule has 0 radical (unpaired) electrons. The second-order valence-electron chi connectivity index (χ2n) is 9.07. The molecule has 4 heterocycles. The molecule has 1 unspecified atom stereocenters. The van der Waals surface area contributed by atoms with Crippen molar-refractivity contribution in [3.05, 3.63) is 48.7 Å². The van der Waals surface area contributed by atoms with E-state index in [1.165, 1.54) is 38.8 Å². The van der Waals surface area contributed by atoms with Crippen molar-refractivity contribution < 1.29 is 46.1 Å². The number of piperidine rings is 1. The van der Waals surface area contributed by atoms with Crippen LogP contribution in [-0.2, 0) is 9.59 Å². The summed E-state index contributed by atoms with van der Waals surface area (Å²) in [6.45, 7) is 3.63. The van der Waals surface area contributed by atoms with E-state index in [2.05, 4.69) is 28.2 Å². The normalized spacial score (nSPS) is 17.9. The van der Waals surface area contributed by atoms with Crippen LogP contribution in [0.5, 0.6) is 0 Å². The van der Waals surface area contributed by atoms with Crippen LogP contribution in [-0.4, -0.2) is 78.6 Å². The van der Waals surface area contributed by atoms with Crippen molar-refractivity contribution in [2.75, 3.05) is 19.6 Å². The predicted molar refractivity (Wildman–Crippen MR) is 125 cm³/mol. The highest BCUT2D eigenvalue weighted by atomic mass is 19.4. The van der Waals surface area contributed by atoms with Crippen LogP contribution in [0.1, 0.15) is 37.4 Å². The van der Waals surface area contributed by atoms with Crippen LogP contribution in [0.25, 0.3) is 16.8 Å². The quantitative estimate of drug-likeness (QED) is 0.442. The number of aliphatic carboxylic acids is 2. The molecule has 0 spiro atoms. The Balaban J connectivity index is 0.000000251. The van der Waals surface area contributed by atoms with Crippen molar-refractivity contribution in [3.8, 4) is 11.1 Å². The Morgan fingerprint density at radius 3 is 2.03 bits per heavy atom. The molecule has 0 bridgehead atoms. The van der Waals surface area contributed by atoms with Crippen LogP contribution in [0.15, 0.2) is 42.9 Å². The summed E-state index contributed by atoms with van der Waals surface area (Å²) >= 11 is 0. The van der Waals surface area contributed by atoms with Crippen molar-refractivity contribution in [1.82, 2.24) is 24.5 Å². The van der Waals surface area contributed by atoms with Gasteiger partial charge in [0.15, 0.2) is 11.5 Å². The fourth-order valence-corrected chi connectivity index (χ4v) is 3.89. The van der Waals surface area contributed by atoms with E-state index in [1.807, 2.05) is 29.0 Å². The number of nitrogens with zero attached hydrogens (tertiary/aromatic N) is 5. The molecule has 2 N–H and O–H groups in total. The van der Waals surface area contributed by atoms with E-state index in [1.54, 1.807) is 0 Å². The summed E-state index contributed by atoms with van der Waals surface area (Å²) < 4.78 is 65.4. The maximum atomic E-state index is 10.6. The molecule has 1 aliphatic carbocycles. The van der Waals surface area contributed by atoms with Crippen LogP contribution in [0.3, 0.4) is 0 Å². The molecule has 212 valence electrons. The molecule has 0 aromatic carbocycles. The van der Waals surface area contributed by atoms with E-state index in [4.69, 9.17) is 29.9 Å². The number of carboxylic acid groups (broad SMARTS) is 2. The molecule has 15 heteroatoms. The Kier molecular flexibility index (Phi) is 9.48. The predicted octanol–water partition coefficient (Wildman–Crippen LogP) is 4.65. The van der Waals surface area contributed by atoms with Gasteiger partial charge in [-0.25, -0.2) is 19.1 Å². The zero-order valence-electron chi connectivity index (χ0n) is 20.4. The highest BCUT2D eigenvalue weighted by Crippen LogP contribution is 2.33. The Labute approximate surface area is 218 Å². The molecule has 1 saturated heterocycles. The summed E-state index contributed by atoms with van der Waals surface area (Å²) in [6, 6.07) is 8.23. The highest BCUT2D eigenvalue weighted by molar-refractivity contribution is 5.73. The average Bonchev–Trinajstić information content (AvgIpc) is 3.58. The Morgan fingerprint density at radius 2 is 1.49 bits per heavy atom. The summed E-state index contributed by atoms with van der Waals surface area (Å²) in [4.78, 5) is 29.3. The first-order valence-electron chi connectivity index (χ1n) is 11.8. The largest absolute Gasteiger partial charge is 0.490 e. The minimum Gasteiger partial charge on any atom is -0.475 e. The van der Waals surface area contributed by atoms with Crippen molar-refractivity contribution in [3.63, 3.8) is 0 Å². The molecular weight excluding hydrogens is 536 g/mol. The standard InChI is InChI=1S/C20H23N5.2C2HF3O2/c1-2-18(13-24(11-1)12-15-3-4-15)20-22-19-6-5-17(14-25(19)23-20)16-7-9-21-10-8-16;2*3-2(4,5)1(6)7/h5-10,14-15,18H,1-4,11-13H2;2*(H,6,7). The Hall–Kier alpha value is -3.75. The minimum atomic E-state index is -5.08. The van der Waals surface area contributed by atoms with Gasteiger partial charge in [-0.05, 0) is 68.0 Å². The molecule has 3 aromatic heterocycles. The van der Waals surface area contributed by atoms with Gasteiger partial charge < -0.3 is 15.1 Å². The fraction of sp³-hybridized carbons (Fsp3) is 0.458. The summed E-state index contributed by atoms with van der Waals surface area (Å²) in [5, 5.41) is 19.1. The topological polar surface area (TPSA) is 121 Å². The first-order valence-corrected chi connectivity index (χ1v) is 11.8. The van der Waals surface area contributed by atoms with E-state index < -0.39 is 24.3 Å². The number of rotatable bonds is 4. The number of alkyl halides is 6. The van der Waals surface area contributed by atoms with Gasteiger partial charge in [-0.15, -0.1) is 0 Å². The molecule has 2 aliphatic rings. The third-order valence-electron chi connectivity index (χ3n) is 5.93. The molecule has 39 heavy (non-hydrogen) atoms. The summed E-state index contributed by atoms with van der Waals surface area (Å²) in [6.07, 6.45) is 0.860. The summed E-state index contributed by atoms with van der Waals surface area (Å²) in [7, 11) is 0. The van der Waals surface area contributed by atoms with Gasteiger partial charge in [0.2, 0.25) is 0 Å². The van der Waals surface area contributed by atoms with Gasteiger partial charge >= 0.3 is 24.3 Å². The van der Waals surface area contributed by atoms with Gasteiger partial charge in [-0.1, -0.05) is 0 Å². The molecular formula is C24H25F6N5O4. The number of aromatic nitrogens is 4. The molecule has 3 aromatic rings. The van der Waals surface area contributed by atoms with E-state index in [0.29, 0.717) is 5.92 Å². The maximum Gasteiger partial charge on any atom is 0.490 e. The van der Waals surface area contributed by atoms with Crippen molar-refractivity contribution in [2.45, 2.75) is 44.0 Å². The van der Waals surface area contributed by atoms with Crippen LogP contribution in [0, 0.1) is 5.92 Å². The van der Waals surface area contributed by atoms with Gasteiger partial charge in [0.1, 0.15) is 0 Å². The van der Waals surface area contributed by atoms with E-state index >= 15 is 0 Å². The highest BCUT2D eigenvalue weighted by Gasteiger charge is 2.39. The van der Waals surface area contributed by atoms with Gasteiger partial charge in [0.25, 0.3) is 0 Å². The first-order chi connectivity index (χ1) is 18.2. The van der Waals surface area contributed by atoms with Crippen molar-refractivity contribution >= 4 is 17.6 Å². The number of likely N-dealkylation sites (tertiary alicyclic amines) is 1. The number of fused-ring (bicyclic) bond motifs is 1. The molecule has 9 nitrogen and oxygen atoms in total. The second-order valence-corrected chi connectivity index (χ2v) is 9.07. The van der Waals surface area contributed by atoms with Gasteiger partial charge in [0, 0.05) is 43.2 Å². The lowest BCUT2D eigenvalue weighted by atomic mass is 9.97. The van der Waals surface area contributed by atoms with Crippen LogP contribution in [0.2, 0.25) is 0 Å². The van der Waals surface area contributed by atoms with Gasteiger partial charge in [-0.3, -0.25) is 4.98 Å². The lowest BCUT2D eigenvalue weighted by Gasteiger charge is -2.31. The monoisotopic (exact) mass is 561 g/mol. The van der Waals surface area contributed by atoms with Crippen LogP contribution < -0.4 is 0 Å². The van der Waals surface area contributed by atoms with E-state index in [0.717, 1.165) is 35.1 Å². The third kappa shape index (κ3) is 9.19. The van der Waals surface area contributed by atoms with Gasteiger partial charge in [0.05, 0.1) is 0 Å². The molecule has 1 saturated carbocycles. The van der Waals surface area contributed by atoms with Crippen molar-refractivity contribution in [1.29, 1.82) is 0 Å². The third-order valence-corrected chi connectivity index (χ3v) is 5.93. The maximum absolute atomic E-state index is 10.6. The zero-order valence-corrected chi connectivity index (χ0v) is 20.4. The fourth-order valence-electron chi connectivity index (χ4n) is 3.89. The average molecular weight is 561 g/mol. The van der Waals surface area contributed by atoms with Crippen LogP contribution >= 0.6 is 0 Å². The van der Waals surface area contributed by atoms with Crippen molar-refractivity contribution in [2.24, 2.45) is 5.92 Å². The SMILES string of the molecule is O=C(O)C(F)(F)F.O=C(O)C(F)(F)F.c1cc(-c2ccc3nc(C4CCCN(CC5CC5)C4)nn3c2)ccn1. The lowest BCUT2D eigenvalue weighted by molar-refractivity contribution is -0.193. The number of hydrogen-bond acceptors (Lipinski definition) is 6. The molecule has 1 aliphatic heterocycles. The Morgan fingerprint density at radius 1 is 0.897 bits per heavy atom. The van der Waals surface area contributed by atoms with E-state index in [9.17, 15) is 26.3 Å². The molecule has 5 rings (SSSR count). The zero-order chi connectivity index (χ0) is 28.8. The minimum absolute atomic E-state index is 0.469. The number of halogens is 6. The van der Waals surface area contributed by atoms with E-state index in [-0.39, 0.29) is 0 Å². The lowest BCUT2D eigenvalue weighted by Crippen LogP contribution is -2.36. The number of pyridine rings is 2. The number of carbonyl (C=O) groups is 2. The molecule has 1 atom stereocenters. The molecule has 2 fully saturated rings. The van der Waals surface area contributed by atoms with Crippen LogP contribution in [0.4, 0.5) is 26.3 Å². The van der Waals surface area contributed by atoms with Gasteiger partial charge in [-0.2, -0.15) is 31.4 Å². The Bertz CT molecular complexity index is 1240. The first kappa shape index (κ1) is 29.8. The second kappa shape index (κ2) is 12.4.